The van der Waals surface area contributed by atoms with E-state index in [-0.39, 0.29) is 15.6 Å². The van der Waals surface area contributed by atoms with Gasteiger partial charge in [-0.2, -0.15) is 0 Å². The second kappa shape index (κ2) is 9.09. The average Bonchev–Trinajstić information content (AvgIpc) is 3.21. The molecule has 6 nitrogen and oxygen atoms in total. The third kappa shape index (κ3) is 4.48. The zero-order valence-corrected chi connectivity index (χ0v) is 20.3. The number of halogens is 1. The summed E-state index contributed by atoms with van der Waals surface area (Å²) < 4.78 is 34.0. The SMILES string of the molecule is Cc1ccc(S(=O)(=O)N(CC(=O)Nc2ccc3c(c2)oc2ccccc23)c2ccccc2Cl)cc1. The monoisotopic (exact) mass is 504 g/mol. The van der Waals surface area contributed by atoms with E-state index in [0.29, 0.717) is 11.3 Å². The summed E-state index contributed by atoms with van der Waals surface area (Å²) in [4.78, 5) is 13.1. The lowest BCUT2D eigenvalue weighted by Gasteiger charge is -2.25. The minimum atomic E-state index is -4.06. The van der Waals surface area contributed by atoms with Crippen LogP contribution in [0.5, 0.6) is 0 Å². The molecule has 0 aliphatic heterocycles. The van der Waals surface area contributed by atoms with E-state index in [1.807, 2.05) is 37.3 Å². The first-order valence-corrected chi connectivity index (χ1v) is 12.7. The number of amides is 1. The predicted molar refractivity (Wildman–Crippen MR) is 140 cm³/mol. The molecule has 0 saturated heterocycles. The summed E-state index contributed by atoms with van der Waals surface area (Å²) in [6.07, 6.45) is 0. The first-order valence-electron chi connectivity index (χ1n) is 10.9. The van der Waals surface area contributed by atoms with Crippen LogP contribution in [0.25, 0.3) is 21.9 Å². The van der Waals surface area contributed by atoms with Gasteiger partial charge in [0.15, 0.2) is 0 Å². The summed E-state index contributed by atoms with van der Waals surface area (Å²) in [5.41, 5.74) is 3.01. The van der Waals surface area contributed by atoms with Crippen molar-refractivity contribution >= 4 is 60.8 Å². The van der Waals surface area contributed by atoms with Crippen LogP contribution < -0.4 is 9.62 Å². The highest BCUT2D eigenvalue weighted by molar-refractivity contribution is 7.92. The van der Waals surface area contributed by atoms with Crippen molar-refractivity contribution in [1.82, 2.24) is 0 Å². The third-order valence-corrected chi connectivity index (χ3v) is 7.77. The van der Waals surface area contributed by atoms with Gasteiger partial charge < -0.3 is 9.73 Å². The van der Waals surface area contributed by atoms with E-state index < -0.39 is 22.5 Å². The highest BCUT2D eigenvalue weighted by Gasteiger charge is 2.28. The highest BCUT2D eigenvalue weighted by atomic mass is 35.5. The largest absolute Gasteiger partial charge is 0.456 e. The summed E-state index contributed by atoms with van der Waals surface area (Å²) in [7, 11) is -4.06. The van der Waals surface area contributed by atoms with Gasteiger partial charge in [0.2, 0.25) is 5.91 Å². The van der Waals surface area contributed by atoms with Crippen molar-refractivity contribution in [2.45, 2.75) is 11.8 Å². The van der Waals surface area contributed by atoms with Crippen molar-refractivity contribution in [2.24, 2.45) is 0 Å². The number of rotatable bonds is 6. The Morgan fingerprint density at radius 1 is 0.886 bits per heavy atom. The molecule has 0 aliphatic carbocycles. The summed E-state index contributed by atoms with van der Waals surface area (Å²) in [6.45, 7) is 1.41. The number of aryl methyl sites for hydroxylation is 1. The zero-order chi connectivity index (χ0) is 24.6. The summed E-state index contributed by atoms with van der Waals surface area (Å²) in [5, 5.41) is 4.91. The van der Waals surface area contributed by atoms with Gasteiger partial charge in [-0.3, -0.25) is 9.10 Å². The van der Waals surface area contributed by atoms with Gasteiger partial charge in [-0.1, -0.05) is 59.6 Å². The maximum absolute atomic E-state index is 13.5. The Hall–Kier alpha value is -3.81. The number of nitrogens with zero attached hydrogens (tertiary/aromatic N) is 1. The molecule has 0 radical (unpaired) electrons. The minimum absolute atomic E-state index is 0.0690. The lowest BCUT2D eigenvalue weighted by Crippen LogP contribution is -2.38. The van der Waals surface area contributed by atoms with Crippen LogP contribution in [0.15, 0.2) is 100 Å². The smallest absolute Gasteiger partial charge is 0.264 e. The first-order chi connectivity index (χ1) is 16.8. The fourth-order valence-corrected chi connectivity index (χ4v) is 5.65. The maximum Gasteiger partial charge on any atom is 0.264 e. The number of benzene rings is 4. The van der Waals surface area contributed by atoms with E-state index >= 15 is 0 Å². The fourth-order valence-electron chi connectivity index (χ4n) is 3.93. The van der Waals surface area contributed by atoms with Gasteiger partial charge in [0.25, 0.3) is 10.0 Å². The van der Waals surface area contributed by atoms with Crippen molar-refractivity contribution in [3.63, 3.8) is 0 Å². The summed E-state index contributed by atoms with van der Waals surface area (Å²) in [6, 6.07) is 26.0. The molecule has 8 heteroatoms. The molecule has 0 bridgehead atoms. The number of hydrogen-bond donors (Lipinski definition) is 1. The first kappa shape index (κ1) is 23.0. The maximum atomic E-state index is 13.5. The van der Waals surface area contributed by atoms with Gasteiger partial charge in [0.05, 0.1) is 15.6 Å². The number of anilines is 2. The number of furan rings is 1. The average molecular weight is 505 g/mol. The predicted octanol–water partition coefficient (Wildman–Crippen LogP) is 6.38. The van der Waals surface area contributed by atoms with Gasteiger partial charge >= 0.3 is 0 Å². The number of fused-ring (bicyclic) bond motifs is 3. The standard InChI is InChI=1S/C27H21ClN2O4S/c1-18-10-13-20(14-11-18)35(32,33)30(24-8-4-3-7-23(24)28)17-27(31)29-19-12-15-22-21-6-2-5-9-25(21)34-26(22)16-19/h2-16H,17H2,1H3,(H,29,31). The van der Waals surface area contributed by atoms with Crippen molar-refractivity contribution in [1.29, 1.82) is 0 Å². The van der Waals surface area contributed by atoms with Crippen LogP contribution >= 0.6 is 11.6 Å². The molecule has 4 aromatic carbocycles. The molecule has 0 spiro atoms. The molecule has 0 aliphatic rings. The topological polar surface area (TPSA) is 79.6 Å². The molecular weight excluding hydrogens is 484 g/mol. The van der Waals surface area contributed by atoms with Crippen molar-refractivity contribution < 1.29 is 17.6 Å². The molecule has 5 aromatic rings. The number of carbonyl (C=O) groups is 1. The van der Waals surface area contributed by atoms with E-state index in [1.54, 1.807) is 48.5 Å². The van der Waals surface area contributed by atoms with Gasteiger partial charge in [0.1, 0.15) is 17.7 Å². The Morgan fingerprint density at radius 2 is 1.57 bits per heavy atom. The van der Waals surface area contributed by atoms with Crippen LogP contribution in [0.1, 0.15) is 5.56 Å². The molecule has 1 heterocycles. The van der Waals surface area contributed by atoms with Gasteiger partial charge in [-0.05, 0) is 49.4 Å². The van der Waals surface area contributed by atoms with Crippen molar-refractivity contribution in [2.75, 3.05) is 16.2 Å². The van der Waals surface area contributed by atoms with Gasteiger partial charge in [0, 0.05) is 22.5 Å². The molecule has 1 N–H and O–H groups in total. The minimum Gasteiger partial charge on any atom is -0.456 e. The molecule has 0 saturated carbocycles. The van der Waals surface area contributed by atoms with Crippen LogP contribution in [-0.2, 0) is 14.8 Å². The normalized spacial score (nSPS) is 11.6. The van der Waals surface area contributed by atoms with Crippen molar-refractivity contribution in [3.05, 3.63) is 102 Å². The second-order valence-electron chi connectivity index (χ2n) is 8.13. The Kier molecular flexibility index (Phi) is 5.96. The molecule has 0 atom stereocenters. The van der Waals surface area contributed by atoms with Crippen LogP contribution in [0.4, 0.5) is 11.4 Å². The lowest BCUT2D eigenvalue weighted by atomic mass is 10.1. The number of nitrogens with one attached hydrogen (secondary N) is 1. The second-order valence-corrected chi connectivity index (χ2v) is 10.4. The molecule has 0 fully saturated rings. The van der Waals surface area contributed by atoms with E-state index in [2.05, 4.69) is 5.32 Å². The van der Waals surface area contributed by atoms with Crippen LogP contribution in [-0.4, -0.2) is 20.9 Å². The van der Waals surface area contributed by atoms with Gasteiger partial charge in [-0.25, -0.2) is 8.42 Å². The Labute approximate surface area is 207 Å². The molecule has 0 unspecified atom stereocenters. The van der Waals surface area contributed by atoms with E-state index in [0.717, 1.165) is 26.2 Å². The molecule has 1 aromatic heterocycles. The molecule has 1 amide bonds. The zero-order valence-electron chi connectivity index (χ0n) is 18.7. The van der Waals surface area contributed by atoms with E-state index in [9.17, 15) is 13.2 Å². The molecule has 35 heavy (non-hydrogen) atoms. The molecule has 176 valence electrons. The quantitative estimate of drug-likeness (QED) is 0.291. The van der Waals surface area contributed by atoms with E-state index in [4.69, 9.17) is 16.0 Å². The third-order valence-electron chi connectivity index (χ3n) is 5.68. The Bertz CT molecular complexity index is 1660. The van der Waals surface area contributed by atoms with Crippen molar-refractivity contribution in [3.8, 4) is 0 Å². The van der Waals surface area contributed by atoms with E-state index in [1.165, 1.54) is 12.1 Å². The Morgan fingerprint density at radius 3 is 2.34 bits per heavy atom. The summed E-state index contributed by atoms with van der Waals surface area (Å²) in [5.74, 6) is -0.518. The summed E-state index contributed by atoms with van der Waals surface area (Å²) >= 11 is 6.34. The van der Waals surface area contributed by atoms with Gasteiger partial charge in [-0.15, -0.1) is 0 Å². The van der Waals surface area contributed by atoms with Crippen LogP contribution in [0.3, 0.4) is 0 Å². The lowest BCUT2D eigenvalue weighted by molar-refractivity contribution is -0.114. The van der Waals surface area contributed by atoms with Crippen LogP contribution in [0.2, 0.25) is 5.02 Å². The number of carbonyl (C=O) groups excluding carboxylic acids is 1. The Balaban J connectivity index is 1.46. The number of hydrogen-bond acceptors (Lipinski definition) is 4. The molecule has 5 rings (SSSR count). The highest BCUT2D eigenvalue weighted by Crippen LogP contribution is 2.32. The number of sulfonamides is 1. The van der Waals surface area contributed by atoms with Crippen LogP contribution in [0, 0.1) is 6.92 Å². The fraction of sp³-hybridized carbons (Fsp3) is 0.0741. The number of para-hydroxylation sites is 2. The molecular formula is C27H21ClN2O4S.